The van der Waals surface area contributed by atoms with Gasteiger partial charge in [-0.25, -0.2) is 0 Å². The van der Waals surface area contributed by atoms with E-state index in [2.05, 4.69) is 0 Å². The number of rotatable bonds is 3. The SMILES string of the molecule is CC(=O)N(c1cccc(C(F)(F)F)c1)C1CSC(=NC2CCCCC2)N1C.Cl. The highest BCUT2D eigenvalue weighted by molar-refractivity contribution is 8.14. The normalized spacial score (nSPS) is 22.2. The van der Waals surface area contributed by atoms with Crippen molar-refractivity contribution in [3.8, 4) is 0 Å². The lowest BCUT2D eigenvalue weighted by molar-refractivity contribution is -0.137. The topological polar surface area (TPSA) is 35.9 Å². The zero-order valence-electron chi connectivity index (χ0n) is 15.9. The van der Waals surface area contributed by atoms with Gasteiger partial charge in [-0.15, -0.1) is 12.4 Å². The quantitative estimate of drug-likeness (QED) is 0.656. The van der Waals surface area contributed by atoms with E-state index in [4.69, 9.17) is 4.99 Å². The summed E-state index contributed by atoms with van der Waals surface area (Å²) in [7, 11) is 1.86. The molecule has 28 heavy (non-hydrogen) atoms. The summed E-state index contributed by atoms with van der Waals surface area (Å²) in [6.07, 6.45) is 0.979. The van der Waals surface area contributed by atoms with Crippen LogP contribution in [0, 0.1) is 0 Å². The number of aliphatic imine (C=N–C) groups is 1. The predicted molar refractivity (Wildman–Crippen MR) is 110 cm³/mol. The second-order valence-electron chi connectivity index (χ2n) is 7.04. The maximum absolute atomic E-state index is 13.1. The van der Waals surface area contributed by atoms with Crippen LogP contribution in [0.25, 0.3) is 0 Å². The van der Waals surface area contributed by atoms with Crippen molar-refractivity contribution < 1.29 is 18.0 Å². The van der Waals surface area contributed by atoms with Crippen LogP contribution >= 0.6 is 24.2 Å². The van der Waals surface area contributed by atoms with Gasteiger partial charge in [0.1, 0.15) is 6.17 Å². The van der Waals surface area contributed by atoms with Gasteiger partial charge in [0, 0.05) is 25.4 Å². The van der Waals surface area contributed by atoms with Crippen molar-refractivity contribution in [2.75, 3.05) is 17.7 Å². The van der Waals surface area contributed by atoms with Gasteiger partial charge >= 0.3 is 6.18 Å². The summed E-state index contributed by atoms with van der Waals surface area (Å²) in [5.41, 5.74) is -0.496. The molecule has 1 heterocycles. The van der Waals surface area contributed by atoms with E-state index < -0.39 is 11.7 Å². The molecular weight excluding hydrogens is 411 g/mol. The van der Waals surface area contributed by atoms with Crippen molar-refractivity contribution in [1.82, 2.24) is 4.90 Å². The molecule has 1 saturated heterocycles. The van der Waals surface area contributed by atoms with Crippen LogP contribution in [-0.4, -0.2) is 41.0 Å². The Morgan fingerprint density at radius 2 is 1.93 bits per heavy atom. The monoisotopic (exact) mass is 435 g/mol. The van der Waals surface area contributed by atoms with E-state index in [1.54, 1.807) is 17.8 Å². The van der Waals surface area contributed by atoms with Gasteiger partial charge in [-0.3, -0.25) is 14.7 Å². The summed E-state index contributed by atoms with van der Waals surface area (Å²) in [6.45, 7) is 1.38. The summed E-state index contributed by atoms with van der Waals surface area (Å²) >= 11 is 1.56. The van der Waals surface area contributed by atoms with Gasteiger partial charge in [0.15, 0.2) is 5.17 Å². The first-order chi connectivity index (χ1) is 12.8. The lowest BCUT2D eigenvalue weighted by Gasteiger charge is -2.33. The number of hydrogen-bond acceptors (Lipinski definition) is 3. The largest absolute Gasteiger partial charge is 0.416 e. The number of carbonyl (C=O) groups excluding carboxylic acids is 1. The van der Waals surface area contributed by atoms with Gasteiger partial charge < -0.3 is 4.90 Å². The van der Waals surface area contributed by atoms with Crippen LogP contribution in [-0.2, 0) is 11.0 Å². The van der Waals surface area contributed by atoms with Gasteiger partial charge in [0.2, 0.25) is 5.91 Å². The molecule has 4 nitrogen and oxygen atoms in total. The molecule has 0 N–H and O–H groups in total. The maximum atomic E-state index is 13.1. The number of halogens is 4. The minimum absolute atomic E-state index is 0. The Morgan fingerprint density at radius 1 is 1.25 bits per heavy atom. The van der Waals surface area contributed by atoms with Crippen molar-refractivity contribution in [3.05, 3.63) is 29.8 Å². The van der Waals surface area contributed by atoms with Crippen LogP contribution < -0.4 is 4.90 Å². The molecule has 0 spiro atoms. The Bertz CT molecular complexity index is 723. The number of amides is 1. The fourth-order valence-electron chi connectivity index (χ4n) is 3.63. The molecule has 1 unspecified atom stereocenters. The summed E-state index contributed by atoms with van der Waals surface area (Å²) in [5, 5.41) is 0.866. The lowest BCUT2D eigenvalue weighted by Crippen LogP contribution is -2.48. The highest BCUT2D eigenvalue weighted by atomic mass is 35.5. The molecule has 1 aromatic carbocycles. The molecule has 1 aromatic rings. The Kier molecular flexibility index (Phi) is 7.67. The van der Waals surface area contributed by atoms with E-state index in [-0.39, 0.29) is 30.2 Å². The fourth-order valence-corrected chi connectivity index (χ4v) is 4.85. The molecule has 1 amide bonds. The number of carbonyl (C=O) groups is 1. The molecule has 2 fully saturated rings. The maximum Gasteiger partial charge on any atom is 0.416 e. The molecule has 3 rings (SSSR count). The van der Waals surface area contributed by atoms with Gasteiger partial charge in [-0.1, -0.05) is 37.1 Å². The molecular formula is C19H25ClF3N3OS. The van der Waals surface area contributed by atoms with Crippen LogP contribution in [0.3, 0.4) is 0 Å². The van der Waals surface area contributed by atoms with Crippen LogP contribution in [0.1, 0.15) is 44.6 Å². The number of thioether (sulfide) groups is 1. The number of benzene rings is 1. The summed E-state index contributed by atoms with van der Waals surface area (Å²) < 4.78 is 39.2. The number of nitrogens with zero attached hydrogens (tertiary/aromatic N) is 3. The Morgan fingerprint density at radius 3 is 2.54 bits per heavy atom. The van der Waals surface area contributed by atoms with Crippen LogP contribution in [0.2, 0.25) is 0 Å². The molecule has 0 bridgehead atoms. The van der Waals surface area contributed by atoms with E-state index in [0.717, 1.165) is 30.1 Å². The first kappa shape index (κ1) is 22.9. The molecule has 1 saturated carbocycles. The smallest absolute Gasteiger partial charge is 0.333 e. The zero-order valence-corrected chi connectivity index (χ0v) is 17.5. The van der Waals surface area contributed by atoms with E-state index in [0.29, 0.717) is 11.8 Å². The van der Waals surface area contributed by atoms with Crippen LogP contribution in [0.15, 0.2) is 29.3 Å². The molecule has 0 radical (unpaired) electrons. The average Bonchev–Trinajstić information content (AvgIpc) is 2.96. The number of anilines is 1. The van der Waals surface area contributed by atoms with E-state index >= 15 is 0 Å². The van der Waals surface area contributed by atoms with E-state index in [1.807, 2.05) is 11.9 Å². The van der Waals surface area contributed by atoms with Gasteiger partial charge in [-0.05, 0) is 31.0 Å². The minimum atomic E-state index is -4.44. The van der Waals surface area contributed by atoms with Crippen LogP contribution in [0.4, 0.5) is 18.9 Å². The van der Waals surface area contributed by atoms with Crippen molar-refractivity contribution in [3.63, 3.8) is 0 Å². The standard InChI is InChI=1S/C19H24F3N3OS.ClH/c1-13(26)25(16-10-6-7-14(11-16)19(20,21)22)17-12-27-18(24(17)2)23-15-8-4-3-5-9-15;/h6-7,10-11,15,17H,3-5,8-9,12H2,1-2H3;1H. The van der Waals surface area contributed by atoms with Crippen molar-refractivity contribution in [2.24, 2.45) is 4.99 Å². The van der Waals surface area contributed by atoms with E-state index in [1.165, 1.54) is 37.2 Å². The van der Waals surface area contributed by atoms with Gasteiger partial charge in [-0.2, -0.15) is 13.2 Å². The highest BCUT2D eigenvalue weighted by Gasteiger charge is 2.36. The minimum Gasteiger partial charge on any atom is -0.333 e. The molecule has 156 valence electrons. The highest BCUT2D eigenvalue weighted by Crippen LogP contribution is 2.35. The Labute approximate surface area is 174 Å². The Hall–Kier alpha value is -1.41. The molecule has 9 heteroatoms. The molecule has 1 aliphatic carbocycles. The molecule has 1 atom stereocenters. The fraction of sp³-hybridized carbons (Fsp3) is 0.579. The predicted octanol–water partition coefficient (Wildman–Crippen LogP) is 5.17. The summed E-state index contributed by atoms with van der Waals surface area (Å²) in [5.74, 6) is 0.295. The molecule has 2 aliphatic rings. The average molecular weight is 436 g/mol. The van der Waals surface area contributed by atoms with Crippen molar-refractivity contribution in [1.29, 1.82) is 0 Å². The number of hydrogen-bond donors (Lipinski definition) is 0. The molecule has 1 aliphatic heterocycles. The zero-order chi connectivity index (χ0) is 19.6. The second-order valence-corrected chi connectivity index (χ2v) is 8.03. The number of amidine groups is 1. The Balaban J connectivity index is 0.00000280. The summed E-state index contributed by atoms with van der Waals surface area (Å²) in [4.78, 5) is 20.5. The first-order valence-corrected chi connectivity index (χ1v) is 10.2. The van der Waals surface area contributed by atoms with E-state index in [9.17, 15) is 18.0 Å². The molecule has 0 aromatic heterocycles. The van der Waals surface area contributed by atoms with Gasteiger partial charge in [0.25, 0.3) is 0 Å². The van der Waals surface area contributed by atoms with Gasteiger partial charge in [0.05, 0.1) is 11.6 Å². The lowest BCUT2D eigenvalue weighted by atomic mass is 9.96. The third-order valence-corrected chi connectivity index (χ3v) is 6.18. The number of alkyl halides is 3. The van der Waals surface area contributed by atoms with Crippen LogP contribution in [0.5, 0.6) is 0 Å². The van der Waals surface area contributed by atoms with Crippen molar-refractivity contribution >= 4 is 40.9 Å². The summed E-state index contributed by atoms with van der Waals surface area (Å²) in [6, 6.07) is 5.25. The third kappa shape index (κ3) is 5.14. The van der Waals surface area contributed by atoms with Crippen molar-refractivity contribution in [2.45, 2.75) is 57.4 Å². The first-order valence-electron chi connectivity index (χ1n) is 9.18. The second kappa shape index (κ2) is 9.39. The third-order valence-electron chi connectivity index (χ3n) is 5.07.